The standard InChI is InChI=1S/C26H21ClN4O4S2/c1-14(2)34-24(33)21-15(3)30-26-31(22(21)16-5-7-17(27)8-6-16)23(32)19(36-26)13-18-9-10-20(35-18)37-25-28-11-4-12-29-25/h4-14,22H,1-3H3. The lowest BCUT2D eigenvalue weighted by molar-refractivity contribution is -0.143. The molecule has 0 saturated heterocycles. The maximum absolute atomic E-state index is 13.7. The Morgan fingerprint density at radius 3 is 2.62 bits per heavy atom. The van der Waals surface area contributed by atoms with Crippen LogP contribution in [0.3, 0.4) is 0 Å². The Kier molecular flexibility index (Phi) is 7.14. The molecule has 1 atom stereocenters. The van der Waals surface area contributed by atoms with E-state index in [2.05, 4.69) is 15.0 Å². The van der Waals surface area contributed by atoms with Crippen LogP contribution in [0.5, 0.6) is 0 Å². The summed E-state index contributed by atoms with van der Waals surface area (Å²) in [5.41, 5.74) is 1.25. The highest BCUT2D eigenvalue weighted by Gasteiger charge is 2.33. The SMILES string of the molecule is CC1=C(C(=O)OC(C)C)C(c2ccc(Cl)cc2)n2c(sc(=Cc3ccc(Sc4ncccn4)o3)c2=O)=N1. The van der Waals surface area contributed by atoms with Crippen molar-refractivity contribution in [3.8, 4) is 0 Å². The number of hydrogen-bond acceptors (Lipinski definition) is 9. The van der Waals surface area contributed by atoms with Crippen LogP contribution in [-0.2, 0) is 9.53 Å². The van der Waals surface area contributed by atoms with Crippen LogP contribution in [0.1, 0.15) is 38.1 Å². The van der Waals surface area contributed by atoms with Gasteiger partial charge in [-0.1, -0.05) is 35.1 Å². The number of nitrogens with zero attached hydrogens (tertiary/aromatic N) is 4. The highest BCUT2D eigenvalue weighted by atomic mass is 35.5. The van der Waals surface area contributed by atoms with Gasteiger partial charge in [0.25, 0.3) is 5.56 Å². The minimum Gasteiger partial charge on any atom is -0.459 e. The summed E-state index contributed by atoms with van der Waals surface area (Å²) in [5.74, 6) is -0.0109. The zero-order valence-corrected chi connectivity index (χ0v) is 22.4. The number of furan rings is 1. The van der Waals surface area contributed by atoms with Gasteiger partial charge in [-0.15, -0.1) is 0 Å². The molecule has 1 aliphatic heterocycles. The fourth-order valence-corrected chi connectivity index (χ4v) is 5.68. The summed E-state index contributed by atoms with van der Waals surface area (Å²) in [5, 5.41) is 1.71. The number of thiazole rings is 1. The van der Waals surface area contributed by atoms with Gasteiger partial charge in [-0.25, -0.2) is 19.8 Å². The van der Waals surface area contributed by atoms with Crippen molar-refractivity contribution in [2.75, 3.05) is 0 Å². The second-order valence-corrected chi connectivity index (χ2v) is 10.8. The maximum atomic E-state index is 13.7. The molecule has 0 bridgehead atoms. The third kappa shape index (κ3) is 5.31. The van der Waals surface area contributed by atoms with Crippen molar-refractivity contribution in [3.05, 3.63) is 102 Å². The van der Waals surface area contributed by atoms with Gasteiger partial charge in [0.2, 0.25) is 0 Å². The fraction of sp³-hybridized carbons (Fsp3) is 0.192. The number of halogens is 1. The van der Waals surface area contributed by atoms with Crippen molar-refractivity contribution in [1.82, 2.24) is 14.5 Å². The first-order valence-electron chi connectivity index (χ1n) is 11.3. The predicted octanol–water partition coefficient (Wildman–Crippen LogP) is 4.37. The number of rotatable bonds is 6. The van der Waals surface area contributed by atoms with E-state index in [-0.39, 0.29) is 11.7 Å². The molecule has 8 nitrogen and oxygen atoms in total. The fourth-order valence-electron chi connectivity index (χ4n) is 3.84. The van der Waals surface area contributed by atoms with E-state index in [9.17, 15) is 9.59 Å². The number of aromatic nitrogens is 3. The molecular formula is C26H21ClN4O4S2. The number of hydrogen-bond donors (Lipinski definition) is 0. The minimum atomic E-state index is -0.708. The van der Waals surface area contributed by atoms with Crippen molar-refractivity contribution in [3.63, 3.8) is 0 Å². The molecule has 0 spiro atoms. The quantitative estimate of drug-likeness (QED) is 0.258. The Bertz CT molecular complexity index is 1670. The zero-order chi connectivity index (χ0) is 26.1. The van der Waals surface area contributed by atoms with Crippen LogP contribution in [0, 0.1) is 0 Å². The second-order valence-electron chi connectivity index (χ2n) is 8.38. The van der Waals surface area contributed by atoms with E-state index in [1.165, 1.54) is 27.7 Å². The maximum Gasteiger partial charge on any atom is 0.338 e. The van der Waals surface area contributed by atoms with E-state index in [4.69, 9.17) is 20.8 Å². The average molecular weight is 553 g/mol. The molecule has 0 fully saturated rings. The Labute approximate surface area is 225 Å². The van der Waals surface area contributed by atoms with Gasteiger partial charge < -0.3 is 9.15 Å². The molecule has 0 radical (unpaired) electrons. The highest BCUT2D eigenvalue weighted by Crippen LogP contribution is 2.32. The average Bonchev–Trinajstić information content (AvgIpc) is 3.42. The van der Waals surface area contributed by atoms with Gasteiger partial charge >= 0.3 is 5.97 Å². The molecule has 4 heterocycles. The molecule has 3 aromatic heterocycles. The molecule has 5 rings (SSSR count). The summed E-state index contributed by atoms with van der Waals surface area (Å²) >= 11 is 8.62. The summed E-state index contributed by atoms with van der Waals surface area (Å²) in [7, 11) is 0. The summed E-state index contributed by atoms with van der Waals surface area (Å²) in [6.45, 7) is 5.30. The van der Waals surface area contributed by atoms with Gasteiger partial charge in [-0.2, -0.15) is 0 Å². The Balaban J connectivity index is 1.58. The molecule has 0 saturated carbocycles. The molecular weight excluding hydrogens is 532 g/mol. The number of allylic oxidation sites excluding steroid dienone is 1. The lowest BCUT2D eigenvalue weighted by atomic mass is 9.96. The number of fused-ring (bicyclic) bond motifs is 1. The van der Waals surface area contributed by atoms with E-state index < -0.39 is 12.0 Å². The largest absolute Gasteiger partial charge is 0.459 e. The van der Waals surface area contributed by atoms with Crippen LogP contribution in [-0.4, -0.2) is 26.6 Å². The molecule has 1 unspecified atom stereocenters. The minimum absolute atomic E-state index is 0.289. The van der Waals surface area contributed by atoms with Gasteiger partial charge in [0.05, 0.1) is 27.9 Å². The second kappa shape index (κ2) is 10.5. The number of benzene rings is 1. The molecule has 37 heavy (non-hydrogen) atoms. The Hall–Kier alpha value is -3.47. The zero-order valence-electron chi connectivity index (χ0n) is 20.0. The van der Waals surface area contributed by atoms with Crippen LogP contribution < -0.4 is 14.9 Å². The molecule has 0 aliphatic carbocycles. The van der Waals surface area contributed by atoms with E-state index >= 15 is 0 Å². The molecule has 4 aromatic rings. The first-order chi connectivity index (χ1) is 17.8. The molecule has 0 amide bonds. The summed E-state index contributed by atoms with van der Waals surface area (Å²) < 4.78 is 13.3. The van der Waals surface area contributed by atoms with E-state index in [1.54, 1.807) is 81.7 Å². The van der Waals surface area contributed by atoms with Gasteiger partial charge in [-0.3, -0.25) is 9.36 Å². The summed E-state index contributed by atoms with van der Waals surface area (Å²) in [4.78, 5) is 40.2. The van der Waals surface area contributed by atoms with Gasteiger partial charge in [0, 0.05) is 23.5 Å². The molecule has 11 heteroatoms. The van der Waals surface area contributed by atoms with Crippen molar-refractivity contribution < 1.29 is 13.9 Å². The normalized spacial score (nSPS) is 15.6. The molecule has 1 aliphatic rings. The number of carbonyl (C=O) groups excluding carboxylic acids is 1. The van der Waals surface area contributed by atoms with Crippen LogP contribution >= 0.6 is 34.7 Å². The first kappa shape index (κ1) is 25.2. The first-order valence-corrected chi connectivity index (χ1v) is 13.3. The van der Waals surface area contributed by atoms with E-state index in [0.717, 1.165) is 5.56 Å². The van der Waals surface area contributed by atoms with Crippen LogP contribution in [0.15, 0.2) is 90.6 Å². The molecule has 0 N–H and O–H groups in total. The van der Waals surface area contributed by atoms with Gasteiger partial charge in [0.1, 0.15) is 5.76 Å². The number of esters is 1. The highest BCUT2D eigenvalue weighted by molar-refractivity contribution is 7.99. The van der Waals surface area contributed by atoms with Crippen LogP contribution in [0.4, 0.5) is 0 Å². The molecule has 1 aromatic carbocycles. The third-order valence-corrected chi connectivity index (χ3v) is 7.43. The van der Waals surface area contributed by atoms with Crippen molar-refractivity contribution in [2.24, 2.45) is 4.99 Å². The van der Waals surface area contributed by atoms with Gasteiger partial charge in [0.15, 0.2) is 15.1 Å². The smallest absolute Gasteiger partial charge is 0.338 e. The van der Waals surface area contributed by atoms with E-state index in [1.807, 2.05) is 0 Å². The lowest BCUT2D eigenvalue weighted by Crippen LogP contribution is -2.40. The monoisotopic (exact) mass is 552 g/mol. The predicted molar refractivity (Wildman–Crippen MR) is 141 cm³/mol. The lowest BCUT2D eigenvalue weighted by Gasteiger charge is -2.25. The summed E-state index contributed by atoms with van der Waals surface area (Å²) in [6, 6.07) is 11.7. The van der Waals surface area contributed by atoms with Crippen LogP contribution in [0.25, 0.3) is 6.08 Å². The van der Waals surface area contributed by atoms with Gasteiger partial charge in [-0.05, 0) is 68.4 Å². The van der Waals surface area contributed by atoms with Crippen molar-refractivity contribution in [1.29, 1.82) is 0 Å². The number of carbonyl (C=O) groups is 1. The van der Waals surface area contributed by atoms with Crippen molar-refractivity contribution >= 4 is 46.7 Å². The Morgan fingerprint density at radius 2 is 1.92 bits per heavy atom. The van der Waals surface area contributed by atoms with E-state index in [0.29, 0.717) is 41.6 Å². The molecule has 188 valence electrons. The van der Waals surface area contributed by atoms with Crippen LogP contribution in [0.2, 0.25) is 5.02 Å². The Morgan fingerprint density at radius 1 is 1.19 bits per heavy atom. The third-order valence-electron chi connectivity index (χ3n) is 5.38. The topological polar surface area (TPSA) is 99.6 Å². The van der Waals surface area contributed by atoms with Crippen molar-refractivity contribution in [2.45, 2.75) is 43.2 Å². The summed E-state index contributed by atoms with van der Waals surface area (Å²) in [6.07, 6.45) is 4.66. The number of ether oxygens (including phenoxy) is 1.